The number of halogens is 3. The fourth-order valence-electron chi connectivity index (χ4n) is 1.82. The molecule has 21 heavy (non-hydrogen) atoms. The van der Waals surface area contributed by atoms with E-state index in [4.69, 9.17) is 4.74 Å². The number of alkyl halides is 3. The predicted octanol–water partition coefficient (Wildman–Crippen LogP) is 3.58. The summed E-state index contributed by atoms with van der Waals surface area (Å²) in [5.41, 5.74) is 0.807. The molecule has 0 aliphatic carbocycles. The molecule has 0 spiro atoms. The number of benzene rings is 1. The van der Waals surface area contributed by atoms with Gasteiger partial charge in [0.2, 0.25) is 11.8 Å². The number of aromatic nitrogens is 2. The van der Waals surface area contributed by atoms with E-state index in [0.29, 0.717) is 0 Å². The van der Waals surface area contributed by atoms with Crippen molar-refractivity contribution in [2.75, 3.05) is 19.1 Å². The second-order valence-corrected chi connectivity index (χ2v) is 4.49. The molecule has 0 saturated carbocycles. The molecule has 0 aliphatic rings. The van der Waals surface area contributed by atoms with Crippen LogP contribution in [-0.2, 0) is 6.18 Å². The van der Waals surface area contributed by atoms with Crippen LogP contribution in [0.1, 0.15) is 11.1 Å². The lowest BCUT2D eigenvalue weighted by Crippen LogP contribution is -2.16. The van der Waals surface area contributed by atoms with E-state index < -0.39 is 17.6 Å². The quantitative estimate of drug-likeness (QED) is 0.868. The fraction of sp³-hybridized carbons (Fsp3) is 0.286. The molecule has 112 valence electrons. The number of anilines is 2. The standard InChI is InChI=1S/C14H14F3N3O/c1-9-5-4-6-10(7-9)20(2)13-18-8-11(14(15,16)17)12(19-13)21-3/h4-8H,1-3H3. The van der Waals surface area contributed by atoms with Crippen molar-refractivity contribution >= 4 is 11.6 Å². The van der Waals surface area contributed by atoms with Gasteiger partial charge in [-0.15, -0.1) is 0 Å². The van der Waals surface area contributed by atoms with Crippen molar-refractivity contribution in [2.24, 2.45) is 0 Å². The Kier molecular flexibility index (Phi) is 4.02. The monoisotopic (exact) mass is 297 g/mol. The van der Waals surface area contributed by atoms with E-state index in [1.165, 1.54) is 0 Å². The van der Waals surface area contributed by atoms with E-state index in [1.807, 2.05) is 31.2 Å². The largest absolute Gasteiger partial charge is 0.480 e. The molecule has 0 aliphatic heterocycles. The Hall–Kier alpha value is -2.31. The lowest BCUT2D eigenvalue weighted by Gasteiger charge is -2.19. The summed E-state index contributed by atoms with van der Waals surface area (Å²) in [5.74, 6) is -0.363. The van der Waals surface area contributed by atoms with Crippen molar-refractivity contribution in [3.63, 3.8) is 0 Å². The first-order chi connectivity index (χ1) is 9.82. The molecule has 0 N–H and O–H groups in total. The van der Waals surface area contributed by atoms with E-state index in [1.54, 1.807) is 11.9 Å². The van der Waals surface area contributed by atoms with E-state index in [0.717, 1.165) is 24.6 Å². The zero-order valence-electron chi connectivity index (χ0n) is 11.8. The minimum atomic E-state index is -4.55. The Labute approximate surface area is 120 Å². The number of ether oxygens (including phenoxy) is 1. The fourth-order valence-corrected chi connectivity index (χ4v) is 1.82. The zero-order valence-corrected chi connectivity index (χ0v) is 11.8. The highest BCUT2D eigenvalue weighted by Gasteiger charge is 2.36. The third-order valence-corrected chi connectivity index (χ3v) is 2.93. The highest BCUT2D eigenvalue weighted by Crippen LogP contribution is 2.35. The summed E-state index contributed by atoms with van der Waals surface area (Å²) in [6.45, 7) is 1.92. The molecule has 0 amide bonds. The number of hydrogen-bond acceptors (Lipinski definition) is 4. The third-order valence-electron chi connectivity index (χ3n) is 2.93. The molecule has 7 heteroatoms. The molecule has 1 aromatic heterocycles. The third kappa shape index (κ3) is 3.24. The van der Waals surface area contributed by atoms with Gasteiger partial charge in [-0.1, -0.05) is 12.1 Å². The van der Waals surface area contributed by atoms with Crippen molar-refractivity contribution in [3.05, 3.63) is 41.6 Å². The number of nitrogens with zero attached hydrogens (tertiary/aromatic N) is 3. The van der Waals surface area contributed by atoms with Crippen LogP contribution in [0.4, 0.5) is 24.8 Å². The Morgan fingerprint density at radius 3 is 2.52 bits per heavy atom. The van der Waals surface area contributed by atoms with Gasteiger partial charge in [-0.3, -0.25) is 0 Å². The molecule has 0 bridgehead atoms. The van der Waals surface area contributed by atoms with Crippen LogP contribution in [0.25, 0.3) is 0 Å². The molecule has 1 aromatic carbocycles. The summed E-state index contributed by atoms with van der Waals surface area (Å²) in [5, 5.41) is 0. The number of aryl methyl sites for hydroxylation is 1. The number of methoxy groups -OCH3 is 1. The molecule has 1 heterocycles. The average molecular weight is 297 g/mol. The molecular weight excluding hydrogens is 283 g/mol. The molecule has 0 atom stereocenters. The van der Waals surface area contributed by atoms with Gasteiger partial charge in [-0.05, 0) is 24.6 Å². The highest BCUT2D eigenvalue weighted by molar-refractivity contribution is 5.57. The van der Waals surface area contributed by atoms with Crippen LogP contribution in [0.2, 0.25) is 0 Å². The van der Waals surface area contributed by atoms with Crippen molar-refractivity contribution in [1.82, 2.24) is 9.97 Å². The van der Waals surface area contributed by atoms with Crippen LogP contribution in [0.5, 0.6) is 5.88 Å². The summed E-state index contributed by atoms with van der Waals surface area (Å²) in [7, 11) is 2.82. The number of rotatable bonds is 3. The van der Waals surface area contributed by atoms with Gasteiger partial charge in [0.15, 0.2) is 0 Å². The minimum Gasteiger partial charge on any atom is -0.480 e. The first kappa shape index (κ1) is 15.1. The van der Waals surface area contributed by atoms with Crippen LogP contribution in [0.15, 0.2) is 30.5 Å². The van der Waals surface area contributed by atoms with Crippen LogP contribution < -0.4 is 9.64 Å². The minimum absolute atomic E-state index is 0.130. The van der Waals surface area contributed by atoms with Gasteiger partial charge >= 0.3 is 6.18 Å². The van der Waals surface area contributed by atoms with Crippen LogP contribution in [0, 0.1) is 6.92 Å². The SMILES string of the molecule is COc1nc(N(C)c2cccc(C)c2)ncc1C(F)(F)F. The van der Waals surface area contributed by atoms with Gasteiger partial charge in [-0.25, -0.2) is 4.98 Å². The van der Waals surface area contributed by atoms with Gasteiger partial charge < -0.3 is 9.64 Å². The van der Waals surface area contributed by atoms with E-state index in [-0.39, 0.29) is 5.95 Å². The van der Waals surface area contributed by atoms with Gasteiger partial charge in [0.05, 0.1) is 7.11 Å². The van der Waals surface area contributed by atoms with E-state index in [2.05, 4.69) is 9.97 Å². The lowest BCUT2D eigenvalue weighted by atomic mass is 10.2. The Bertz CT molecular complexity index is 644. The first-order valence-corrected chi connectivity index (χ1v) is 6.11. The Balaban J connectivity index is 2.41. The average Bonchev–Trinajstić information content (AvgIpc) is 2.44. The maximum Gasteiger partial charge on any atom is 0.423 e. The van der Waals surface area contributed by atoms with Crippen molar-refractivity contribution in [2.45, 2.75) is 13.1 Å². The molecule has 0 saturated heterocycles. The molecule has 0 unspecified atom stereocenters. The smallest absolute Gasteiger partial charge is 0.423 e. The summed E-state index contributed by atoms with van der Waals surface area (Å²) < 4.78 is 43.0. The van der Waals surface area contributed by atoms with Crippen molar-refractivity contribution in [3.8, 4) is 5.88 Å². The molecule has 4 nitrogen and oxygen atoms in total. The molecular formula is C14H14F3N3O. The topological polar surface area (TPSA) is 38.2 Å². The van der Waals surface area contributed by atoms with Crippen LogP contribution in [-0.4, -0.2) is 24.1 Å². The van der Waals surface area contributed by atoms with Crippen molar-refractivity contribution < 1.29 is 17.9 Å². The maximum atomic E-state index is 12.8. The molecule has 2 aromatic rings. The molecule has 0 fully saturated rings. The van der Waals surface area contributed by atoms with Gasteiger partial charge in [0.25, 0.3) is 0 Å². The van der Waals surface area contributed by atoms with E-state index >= 15 is 0 Å². The zero-order chi connectivity index (χ0) is 15.6. The summed E-state index contributed by atoms with van der Waals surface area (Å²) in [6.07, 6.45) is -3.82. The lowest BCUT2D eigenvalue weighted by molar-refractivity contribution is -0.139. The van der Waals surface area contributed by atoms with Crippen LogP contribution >= 0.6 is 0 Å². The summed E-state index contributed by atoms with van der Waals surface area (Å²) in [6, 6.07) is 7.47. The van der Waals surface area contributed by atoms with E-state index in [9.17, 15) is 13.2 Å². The number of hydrogen-bond donors (Lipinski definition) is 0. The summed E-state index contributed by atoms with van der Waals surface area (Å²) >= 11 is 0. The van der Waals surface area contributed by atoms with Gasteiger partial charge in [0.1, 0.15) is 5.56 Å². The summed E-state index contributed by atoms with van der Waals surface area (Å²) in [4.78, 5) is 9.20. The highest BCUT2D eigenvalue weighted by atomic mass is 19.4. The Morgan fingerprint density at radius 2 is 1.95 bits per heavy atom. The normalized spacial score (nSPS) is 11.3. The predicted molar refractivity (Wildman–Crippen MR) is 72.8 cm³/mol. The van der Waals surface area contributed by atoms with Gasteiger partial charge in [0, 0.05) is 18.9 Å². The molecule has 0 radical (unpaired) electrons. The first-order valence-electron chi connectivity index (χ1n) is 6.11. The van der Waals surface area contributed by atoms with Crippen LogP contribution in [0.3, 0.4) is 0 Å². The maximum absolute atomic E-state index is 12.8. The second kappa shape index (κ2) is 5.59. The van der Waals surface area contributed by atoms with Crippen molar-refractivity contribution in [1.29, 1.82) is 0 Å². The van der Waals surface area contributed by atoms with Gasteiger partial charge in [-0.2, -0.15) is 18.2 Å². The molecule has 2 rings (SSSR count). The second-order valence-electron chi connectivity index (χ2n) is 4.49. The Morgan fingerprint density at radius 1 is 1.24 bits per heavy atom.